The van der Waals surface area contributed by atoms with Crippen LogP contribution in [0, 0.1) is 0 Å². The maximum Gasteiger partial charge on any atom is 0.248 e. The Morgan fingerprint density at radius 2 is 1.92 bits per heavy atom. The maximum atomic E-state index is 12.9. The van der Waals surface area contributed by atoms with E-state index < -0.39 is 0 Å². The number of carbonyl (C=O) groups excluding carboxylic acids is 3. The van der Waals surface area contributed by atoms with E-state index in [0.717, 1.165) is 9.60 Å². The number of aromatic nitrogens is 1. The quantitative estimate of drug-likeness (QED) is 0.700. The molecule has 1 aromatic heterocycles. The first-order chi connectivity index (χ1) is 12.4. The monoisotopic (exact) mass is 394 g/mol. The summed E-state index contributed by atoms with van der Waals surface area (Å²) in [5.41, 5.74) is 0.644. The highest BCUT2D eigenvalue weighted by molar-refractivity contribution is 7.22. The van der Waals surface area contributed by atoms with E-state index in [4.69, 9.17) is 11.6 Å². The van der Waals surface area contributed by atoms with Gasteiger partial charge in [-0.2, -0.15) is 0 Å². The normalized spacial score (nSPS) is 14.7. The number of imide groups is 1. The number of halogens is 1. The Kier molecular flexibility index (Phi) is 5.55. The van der Waals surface area contributed by atoms with Crippen LogP contribution in [-0.4, -0.2) is 66.2 Å². The molecule has 9 heteroatoms. The Morgan fingerprint density at radius 1 is 1.23 bits per heavy atom. The Morgan fingerprint density at radius 3 is 2.54 bits per heavy atom. The number of benzene rings is 1. The Labute approximate surface area is 160 Å². The van der Waals surface area contributed by atoms with Gasteiger partial charge >= 0.3 is 0 Å². The molecular weight excluding hydrogens is 376 g/mol. The predicted molar refractivity (Wildman–Crippen MR) is 101 cm³/mol. The zero-order valence-electron chi connectivity index (χ0n) is 14.6. The van der Waals surface area contributed by atoms with Crippen molar-refractivity contribution in [1.29, 1.82) is 0 Å². The van der Waals surface area contributed by atoms with Gasteiger partial charge in [0.25, 0.3) is 0 Å². The number of para-hydroxylation sites is 1. The molecule has 1 aliphatic heterocycles. The molecule has 0 atom stereocenters. The van der Waals surface area contributed by atoms with E-state index in [1.165, 1.54) is 16.2 Å². The first-order valence-electron chi connectivity index (χ1n) is 8.20. The van der Waals surface area contributed by atoms with Crippen LogP contribution in [0.4, 0.5) is 5.13 Å². The first-order valence-corrected chi connectivity index (χ1v) is 9.39. The van der Waals surface area contributed by atoms with Crippen LogP contribution >= 0.6 is 22.9 Å². The summed E-state index contributed by atoms with van der Waals surface area (Å²) in [6.45, 7) is 0.769. The number of nitrogens with zero attached hydrogens (tertiary/aromatic N) is 4. The van der Waals surface area contributed by atoms with Gasteiger partial charge in [0.05, 0.1) is 9.72 Å². The number of carbonyl (C=O) groups is 3. The van der Waals surface area contributed by atoms with Gasteiger partial charge in [0.2, 0.25) is 17.7 Å². The number of rotatable bonds is 6. The molecule has 1 aromatic carbocycles. The van der Waals surface area contributed by atoms with Gasteiger partial charge in [0.1, 0.15) is 12.1 Å². The fraction of sp³-hybridized carbons (Fsp3) is 0.412. The summed E-state index contributed by atoms with van der Waals surface area (Å²) >= 11 is 7.55. The molecule has 0 radical (unpaired) electrons. The summed E-state index contributed by atoms with van der Waals surface area (Å²) in [5, 5.41) is 1.04. The van der Waals surface area contributed by atoms with Gasteiger partial charge in [-0.3, -0.25) is 24.2 Å². The fourth-order valence-electron chi connectivity index (χ4n) is 2.67. The largest absolute Gasteiger partial charge is 0.308 e. The lowest BCUT2D eigenvalue weighted by Crippen LogP contribution is -2.44. The molecule has 2 heterocycles. The van der Waals surface area contributed by atoms with Gasteiger partial charge in [0.15, 0.2) is 5.13 Å². The van der Waals surface area contributed by atoms with E-state index in [1.807, 2.05) is 31.1 Å². The molecule has 0 saturated carbocycles. The van der Waals surface area contributed by atoms with Crippen molar-refractivity contribution in [2.24, 2.45) is 0 Å². The molecule has 1 fully saturated rings. The molecule has 1 aliphatic rings. The van der Waals surface area contributed by atoms with Gasteiger partial charge in [-0.1, -0.05) is 29.0 Å². The highest BCUT2D eigenvalue weighted by Crippen LogP contribution is 2.33. The van der Waals surface area contributed by atoms with Crippen molar-refractivity contribution in [2.75, 3.05) is 38.6 Å². The third-order valence-electron chi connectivity index (χ3n) is 4.11. The van der Waals surface area contributed by atoms with Gasteiger partial charge < -0.3 is 4.90 Å². The average molecular weight is 395 g/mol. The van der Waals surface area contributed by atoms with E-state index in [-0.39, 0.29) is 37.1 Å². The lowest BCUT2D eigenvalue weighted by Gasteiger charge is -2.24. The second-order valence-electron chi connectivity index (χ2n) is 6.31. The third-order valence-corrected chi connectivity index (χ3v) is 5.46. The number of fused-ring (bicyclic) bond motifs is 1. The van der Waals surface area contributed by atoms with Crippen LogP contribution in [0.2, 0.25) is 5.02 Å². The van der Waals surface area contributed by atoms with E-state index >= 15 is 0 Å². The van der Waals surface area contributed by atoms with Crippen molar-refractivity contribution in [2.45, 2.75) is 12.8 Å². The predicted octanol–water partition coefficient (Wildman–Crippen LogP) is 1.99. The molecule has 2 aromatic rings. The van der Waals surface area contributed by atoms with Crippen LogP contribution in [0.1, 0.15) is 12.8 Å². The first kappa shape index (κ1) is 18.8. The number of anilines is 1. The zero-order valence-corrected chi connectivity index (χ0v) is 16.1. The SMILES string of the molecule is CN(C)CCN(C(=O)CN1C(=O)CCC1=O)c1nc2c(Cl)cccc2s1. The Bertz CT molecular complexity index is 851. The number of amides is 3. The minimum Gasteiger partial charge on any atom is -0.308 e. The summed E-state index contributed by atoms with van der Waals surface area (Å²) in [7, 11) is 3.82. The molecule has 138 valence electrons. The van der Waals surface area contributed by atoms with Crippen LogP contribution < -0.4 is 4.90 Å². The summed E-state index contributed by atoms with van der Waals surface area (Å²) < 4.78 is 0.878. The zero-order chi connectivity index (χ0) is 18.8. The molecule has 0 aliphatic carbocycles. The van der Waals surface area contributed by atoms with Crippen molar-refractivity contribution >= 4 is 56.0 Å². The van der Waals surface area contributed by atoms with Gasteiger partial charge in [0, 0.05) is 25.9 Å². The Balaban J connectivity index is 1.88. The van der Waals surface area contributed by atoms with Crippen LogP contribution in [0.15, 0.2) is 18.2 Å². The summed E-state index contributed by atoms with van der Waals surface area (Å²) in [6, 6.07) is 5.48. The summed E-state index contributed by atoms with van der Waals surface area (Å²) in [5.74, 6) is -0.933. The molecule has 3 amide bonds. The fourth-order valence-corrected chi connectivity index (χ4v) is 3.97. The minimum atomic E-state index is -0.328. The van der Waals surface area contributed by atoms with E-state index in [9.17, 15) is 14.4 Å². The maximum absolute atomic E-state index is 12.9. The van der Waals surface area contributed by atoms with Gasteiger partial charge in [-0.05, 0) is 26.2 Å². The van der Waals surface area contributed by atoms with Crippen LogP contribution in [-0.2, 0) is 14.4 Å². The average Bonchev–Trinajstić information content (AvgIpc) is 3.14. The van der Waals surface area contributed by atoms with Crippen molar-refractivity contribution < 1.29 is 14.4 Å². The molecule has 3 rings (SSSR count). The van der Waals surface area contributed by atoms with Gasteiger partial charge in [-0.15, -0.1) is 0 Å². The van der Waals surface area contributed by atoms with E-state index in [2.05, 4.69) is 4.98 Å². The molecule has 0 spiro atoms. The summed E-state index contributed by atoms with van der Waals surface area (Å²) in [6.07, 6.45) is 0.334. The number of likely N-dealkylation sites (N-methyl/N-ethyl adjacent to an activating group) is 1. The topological polar surface area (TPSA) is 73.8 Å². The van der Waals surface area contributed by atoms with Crippen LogP contribution in [0.25, 0.3) is 10.2 Å². The van der Waals surface area contributed by atoms with Crippen molar-refractivity contribution in [1.82, 2.24) is 14.8 Å². The summed E-state index contributed by atoms with van der Waals surface area (Å²) in [4.78, 5) is 45.5. The highest BCUT2D eigenvalue weighted by atomic mass is 35.5. The lowest BCUT2D eigenvalue weighted by atomic mass is 10.3. The number of hydrogen-bond donors (Lipinski definition) is 0. The third kappa shape index (κ3) is 3.87. The molecule has 7 nitrogen and oxygen atoms in total. The molecule has 0 N–H and O–H groups in total. The Hall–Kier alpha value is -2.03. The molecule has 0 bridgehead atoms. The van der Waals surface area contributed by atoms with Gasteiger partial charge in [-0.25, -0.2) is 4.98 Å². The van der Waals surface area contributed by atoms with Crippen molar-refractivity contribution in [3.63, 3.8) is 0 Å². The molecule has 1 saturated heterocycles. The van der Waals surface area contributed by atoms with E-state index in [1.54, 1.807) is 6.07 Å². The number of hydrogen-bond acceptors (Lipinski definition) is 6. The van der Waals surface area contributed by atoms with Crippen LogP contribution in [0.3, 0.4) is 0 Å². The second-order valence-corrected chi connectivity index (χ2v) is 7.72. The smallest absolute Gasteiger partial charge is 0.248 e. The standard InChI is InChI=1S/C17H19ClN4O3S/c1-20(2)8-9-21(15(25)10-22-13(23)6-7-14(22)24)17-19-16-11(18)4-3-5-12(16)26-17/h3-5H,6-10H2,1-2H3. The molecule has 26 heavy (non-hydrogen) atoms. The number of likely N-dealkylation sites (tertiary alicyclic amines) is 1. The molecule has 0 unspecified atom stereocenters. The van der Waals surface area contributed by atoms with Crippen molar-refractivity contribution in [3.8, 4) is 0 Å². The van der Waals surface area contributed by atoms with Crippen LogP contribution in [0.5, 0.6) is 0 Å². The molecular formula is C17H19ClN4O3S. The number of thiazole rings is 1. The minimum absolute atomic E-state index is 0.167. The lowest BCUT2D eigenvalue weighted by molar-refractivity contribution is -0.141. The van der Waals surface area contributed by atoms with E-state index in [0.29, 0.717) is 28.8 Å². The second kappa shape index (κ2) is 7.69. The highest BCUT2D eigenvalue weighted by Gasteiger charge is 2.32. The van der Waals surface area contributed by atoms with Crippen molar-refractivity contribution in [3.05, 3.63) is 23.2 Å².